The highest BCUT2D eigenvalue weighted by atomic mass is 32.2. The number of nitrogens with zero attached hydrogens (tertiary/aromatic N) is 2. The minimum absolute atomic E-state index is 0.0117. The van der Waals surface area contributed by atoms with E-state index in [1.807, 2.05) is 20.9 Å². The minimum Gasteiger partial charge on any atom is -0.481 e. The number of carbonyl (C=O) groups excluding carboxylic acids is 3. The molecule has 1 aromatic carbocycles. The monoisotopic (exact) mass is 1240 g/mol. The molecule has 4 saturated heterocycles. The zero-order valence-electron chi connectivity index (χ0n) is 53.9. The maximum absolute atomic E-state index is 15.9. The number of sulfonamides is 1. The van der Waals surface area contributed by atoms with Gasteiger partial charge < -0.3 is 77.7 Å². The molecule has 21 atom stereocenters. The number of amides is 1. The molecule has 1 aromatic rings. The van der Waals surface area contributed by atoms with Crippen LogP contribution in [0.1, 0.15) is 129 Å². The normalized spacial score (nSPS) is 36.4. The van der Waals surface area contributed by atoms with Gasteiger partial charge in [0.25, 0.3) is 0 Å². The zero-order chi connectivity index (χ0) is 64.4. The molecule has 1 amide bonds. The molecule has 0 aliphatic carbocycles. The van der Waals surface area contributed by atoms with E-state index in [1.54, 1.807) is 87.4 Å². The number of hydrogen-bond donors (Lipinski definition) is 5. The van der Waals surface area contributed by atoms with E-state index in [2.05, 4.69) is 27.0 Å². The predicted octanol–water partition coefficient (Wildman–Crippen LogP) is 5.92. The number of aliphatic hydroxyl groups is 2. The van der Waals surface area contributed by atoms with Crippen LogP contribution in [0.25, 0.3) is 0 Å². The summed E-state index contributed by atoms with van der Waals surface area (Å²) in [6.45, 7) is 24.5. The van der Waals surface area contributed by atoms with Crippen LogP contribution in [0.15, 0.2) is 40.4 Å². The topological polar surface area (TPSA) is 304 Å². The molecule has 0 spiro atoms. The van der Waals surface area contributed by atoms with Crippen LogP contribution in [0.5, 0.6) is 0 Å². The fourth-order valence-electron chi connectivity index (χ4n) is 13.1. The maximum Gasteiger partial charge on any atom is 0.408 e. The lowest BCUT2D eigenvalue weighted by atomic mass is 9.64. The SMILES string of the molecule is CON=C1C[C@@H](C)O[C@@H](O[C@@H]2[C@@H](C)[C@H](O[C@H]3C[C@H](C)N(C)C[C@H](C)O3)[C@@H](C)C(=O)OCCC(CC(C)(C)[C@H](C(=O)O)C(C)CO[C@@H]3O[C@H](C)[C@@H](O)[C@@H](OC)[C@H]3OC)[C@@H](C)C(=O)[C@@](C)(OC(=O)NC(C)(C)CNS(=O)(=O)c3ccccc3)C[C@@H]2C)[C@@H]1O. The molecule has 0 aromatic heterocycles. The molecule has 0 saturated carbocycles. The Morgan fingerprint density at radius 3 is 2.14 bits per heavy atom. The first-order valence-electron chi connectivity index (χ1n) is 30.2. The van der Waals surface area contributed by atoms with Crippen molar-refractivity contribution < 1.29 is 95.1 Å². The van der Waals surface area contributed by atoms with Gasteiger partial charge >= 0.3 is 18.0 Å². The van der Waals surface area contributed by atoms with Gasteiger partial charge in [-0.15, -0.1) is 0 Å². The van der Waals surface area contributed by atoms with Gasteiger partial charge in [-0.2, -0.15) is 0 Å². The van der Waals surface area contributed by atoms with E-state index in [1.165, 1.54) is 40.4 Å². The number of hydrogen-bond acceptors (Lipinski definition) is 21. The lowest BCUT2D eigenvalue weighted by Gasteiger charge is -2.44. The molecule has 5 N–H and O–H groups in total. The van der Waals surface area contributed by atoms with Crippen LogP contribution in [0.3, 0.4) is 0 Å². The Bertz CT molecular complexity index is 2510. The predicted molar refractivity (Wildman–Crippen MR) is 316 cm³/mol. The molecule has 25 heteroatoms. The smallest absolute Gasteiger partial charge is 0.408 e. The number of oxime groups is 1. The molecule has 2 unspecified atom stereocenters. The lowest BCUT2D eigenvalue weighted by molar-refractivity contribution is -0.304. The first-order valence-corrected chi connectivity index (χ1v) is 31.7. The van der Waals surface area contributed by atoms with E-state index in [0.29, 0.717) is 13.0 Å². The summed E-state index contributed by atoms with van der Waals surface area (Å²) in [7, 11) is 2.21. The molecule has 492 valence electrons. The van der Waals surface area contributed by atoms with Crippen molar-refractivity contribution in [2.75, 3.05) is 54.7 Å². The number of carboxylic acid groups (broad SMARTS) is 1. The van der Waals surface area contributed by atoms with Crippen LogP contribution >= 0.6 is 0 Å². The van der Waals surface area contributed by atoms with E-state index >= 15 is 4.79 Å². The number of esters is 1. The summed E-state index contributed by atoms with van der Waals surface area (Å²) in [5.41, 5.74) is -4.17. The van der Waals surface area contributed by atoms with E-state index in [9.17, 15) is 38.1 Å². The first kappa shape index (κ1) is 72.8. The third-order valence-corrected chi connectivity index (χ3v) is 19.3. The number of carbonyl (C=O) groups is 4. The Balaban J connectivity index is 1.60. The van der Waals surface area contributed by atoms with Crippen LogP contribution in [0.4, 0.5) is 4.79 Å². The van der Waals surface area contributed by atoms with Gasteiger partial charge in [0.2, 0.25) is 10.0 Å². The summed E-state index contributed by atoms with van der Waals surface area (Å²) in [4.78, 5) is 66.1. The molecule has 4 aliphatic heterocycles. The van der Waals surface area contributed by atoms with Crippen molar-refractivity contribution in [3.05, 3.63) is 30.3 Å². The Morgan fingerprint density at radius 1 is 0.872 bits per heavy atom. The fraction of sp³-hybridized carbons (Fsp3) is 0.820. The third kappa shape index (κ3) is 18.8. The van der Waals surface area contributed by atoms with Crippen molar-refractivity contribution in [3.63, 3.8) is 0 Å². The van der Waals surface area contributed by atoms with Crippen LogP contribution in [-0.4, -0.2) is 204 Å². The molecule has 5 rings (SSSR count). The highest BCUT2D eigenvalue weighted by Crippen LogP contribution is 2.45. The summed E-state index contributed by atoms with van der Waals surface area (Å²) in [6, 6.07) is 7.76. The molecule has 24 nitrogen and oxygen atoms in total. The van der Waals surface area contributed by atoms with Crippen molar-refractivity contribution in [1.29, 1.82) is 0 Å². The van der Waals surface area contributed by atoms with Gasteiger partial charge in [0.1, 0.15) is 31.5 Å². The van der Waals surface area contributed by atoms with Crippen molar-refractivity contribution in [1.82, 2.24) is 14.9 Å². The van der Waals surface area contributed by atoms with E-state index < -0.39 is 160 Å². The number of likely N-dealkylation sites (N-methyl/N-ethyl adjacent to an activating group) is 1. The number of benzene rings is 1. The molecule has 0 bridgehead atoms. The Labute approximate surface area is 509 Å². The number of cyclic esters (lactones) is 1. The van der Waals surface area contributed by atoms with Crippen molar-refractivity contribution in [3.8, 4) is 0 Å². The summed E-state index contributed by atoms with van der Waals surface area (Å²) < 4.78 is 92.0. The number of aliphatic hydroxyl groups excluding tert-OH is 2. The number of rotatable bonds is 21. The van der Waals surface area contributed by atoms with Gasteiger partial charge in [-0.3, -0.25) is 14.4 Å². The average Bonchev–Trinajstić information content (AvgIpc) is 2.88. The first-order chi connectivity index (χ1) is 40.1. The van der Waals surface area contributed by atoms with E-state index in [-0.39, 0.29) is 68.2 Å². The number of Topliss-reactive ketones (excluding diaryl/α,β-unsaturated/α-hetero) is 1. The van der Waals surface area contributed by atoms with Gasteiger partial charge in [-0.1, -0.05) is 64.9 Å². The van der Waals surface area contributed by atoms with Crippen LogP contribution in [-0.2, 0) is 76.6 Å². The lowest BCUT2D eigenvalue weighted by Crippen LogP contribution is -2.59. The van der Waals surface area contributed by atoms with Crippen LogP contribution in [0.2, 0.25) is 0 Å². The second kappa shape index (κ2) is 31.2. The Morgan fingerprint density at radius 2 is 1.52 bits per heavy atom. The number of carboxylic acids is 1. The van der Waals surface area contributed by atoms with Crippen molar-refractivity contribution in [2.45, 2.75) is 225 Å². The highest BCUT2D eigenvalue weighted by Gasteiger charge is 2.52. The van der Waals surface area contributed by atoms with E-state index in [4.69, 9.17) is 52.2 Å². The Hall–Kier alpha value is -3.96. The standard InChI is InChI=1S/C61H102N4O20S/c1-33-28-61(14,85-58(72)63-60(12,13)32-62-86(73,74)43-22-20-19-21-23-43)53(68)38(6)42(29-59(10,11)46(54(69)70)34(2)31-79-57-52(76-17)51(75-16)47(66)41(9)82-57)24-25-78-55(71)40(8)50(83-45-26-35(3)65(15)30-37(5)80-45)39(7)49(33)84-56-48(67)44(64-77-18)27-36(4)81-56/h19-23,33-42,45-52,56-57,62,66-67H,24-32H2,1-18H3,(H,63,72)(H,69,70)/t33-,34?,35-,36+,37-,38+,39+,40+,41+,42?,45-,46-,47+,48+,49-,50-,51+,52+,56-,57+,61-/m0/s1. The zero-order valence-corrected chi connectivity index (χ0v) is 54.7. The van der Waals surface area contributed by atoms with Crippen LogP contribution in [0, 0.1) is 46.8 Å². The average molecular weight is 1240 g/mol. The quantitative estimate of drug-likeness (QED) is 0.0704. The number of methoxy groups -OCH3 is 2. The fourth-order valence-corrected chi connectivity index (χ4v) is 14.3. The van der Waals surface area contributed by atoms with Crippen LogP contribution < -0.4 is 10.0 Å². The number of ketones is 1. The van der Waals surface area contributed by atoms with Gasteiger partial charge in [0.15, 0.2) is 30.3 Å². The minimum atomic E-state index is -4.02. The number of aliphatic carboxylic acids is 1. The summed E-state index contributed by atoms with van der Waals surface area (Å²) in [6.07, 6.45) is -11.3. The molecular formula is C61H102N4O20S. The third-order valence-electron chi connectivity index (χ3n) is 17.8. The molecule has 4 fully saturated rings. The molecule has 86 heavy (non-hydrogen) atoms. The highest BCUT2D eigenvalue weighted by molar-refractivity contribution is 7.89. The van der Waals surface area contributed by atoms with Crippen molar-refractivity contribution in [2.24, 2.45) is 52.0 Å². The second-order valence-corrected chi connectivity index (χ2v) is 28.0. The maximum atomic E-state index is 15.9. The number of alkyl carbamates (subject to hydrolysis) is 1. The van der Waals surface area contributed by atoms with E-state index in [0.717, 1.165) is 0 Å². The molecule has 0 radical (unpaired) electrons. The number of nitrogens with one attached hydrogen (secondary N) is 2. The van der Waals surface area contributed by atoms with Gasteiger partial charge in [-0.25, -0.2) is 17.9 Å². The largest absolute Gasteiger partial charge is 0.481 e. The second-order valence-electron chi connectivity index (χ2n) is 26.2. The Kier molecular flexibility index (Phi) is 26.4. The summed E-state index contributed by atoms with van der Waals surface area (Å²) in [5, 5.41) is 40.6. The van der Waals surface area contributed by atoms with Gasteiger partial charge in [0, 0.05) is 58.0 Å². The van der Waals surface area contributed by atoms with Gasteiger partial charge in [0.05, 0.1) is 71.7 Å². The van der Waals surface area contributed by atoms with Crippen molar-refractivity contribution >= 4 is 39.6 Å². The number of ether oxygens (including phenoxy) is 10. The summed E-state index contributed by atoms with van der Waals surface area (Å²) in [5.74, 6) is -8.40. The molecular weight excluding hydrogens is 1140 g/mol. The molecule has 4 heterocycles. The summed E-state index contributed by atoms with van der Waals surface area (Å²) >= 11 is 0. The van der Waals surface area contributed by atoms with Gasteiger partial charge in [-0.05, 0) is 117 Å². The molecule has 4 aliphatic rings.